The largest absolute Gasteiger partial charge is 0.388 e. The van der Waals surface area contributed by atoms with Gasteiger partial charge in [0.2, 0.25) is 0 Å². The average molecular weight is 283 g/mol. The number of hydrogen-bond donors (Lipinski definition) is 1. The first kappa shape index (κ1) is 14.1. The van der Waals surface area contributed by atoms with Gasteiger partial charge in [0.25, 0.3) is 5.91 Å². The number of nitrogens with zero attached hydrogens (tertiary/aromatic N) is 1. The summed E-state index contributed by atoms with van der Waals surface area (Å²) in [5.41, 5.74) is -0.138. The standard InChI is InChI=1S/C18H21NO2/c1-18(2,21)16-11-6-12-19(16)17(20)15-10-5-8-13-7-3-4-9-14(13)15/h3-5,7-10,16,21H,6,11-12H2,1-2H3. The molecule has 2 aromatic carbocycles. The lowest BCUT2D eigenvalue weighted by Crippen LogP contribution is -2.48. The Kier molecular flexibility index (Phi) is 3.46. The van der Waals surface area contributed by atoms with Crippen molar-refractivity contribution < 1.29 is 9.90 Å². The smallest absolute Gasteiger partial charge is 0.254 e. The summed E-state index contributed by atoms with van der Waals surface area (Å²) in [5, 5.41) is 12.4. The quantitative estimate of drug-likeness (QED) is 0.919. The first-order valence-electron chi connectivity index (χ1n) is 7.49. The van der Waals surface area contributed by atoms with Crippen molar-refractivity contribution in [3.63, 3.8) is 0 Å². The molecule has 1 saturated heterocycles. The minimum Gasteiger partial charge on any atom is -0.388 e. The average Bonchev–Trinajstić information content (AvgIpc) is 2.95. The third-order valence-corrected chi connectivity index (χ3v) is 4.35. The van der Waals surface area contributed by atoms with E-state index >= 15 is 0 Å². The number of rotatable bonds is 2. The summed E-state index contributed by atoms with van der Waals surface area (Å²) in [7, 11) is 0. The van der Waals surface area contributed by atoms with Crippen LogP contribution in [0.3, 0.4) is 0 Å². The topological polar surface area (TPSA) is 40.5 Å². The van der Waals surface area contributed by atoms with Crippen molar-refractivity contribution in [2.24, 2.45) is 0 Å². The lowest BCUT2D eigenvalue weighted by Gasteiger charge is -2.34. The zero-order valence-electron chi connectivity index (χ0n) is 12.5. The Morgan fingerprint density at radius 3 is 2.67 bits per heavy atom. The number of carbonyl (C=O) groups excluding carboxylic acids is 1. The molecule has 0 saturated carbocycles. The van der Waals surface area contributed by atoms with Crippen LogP contribution in [0.2, 0.25) is 0 Å². The predicted molar refractivity (Wildman–Crippen MR) is 84.3 cm³/mol. The molecule has 1 atom stereocenters. The molecule has 1 N–H and O–H groups in total. The number of aliphatic hydroxyl groups is 1. The van der Waals surface area contributed by atoms with Gasteiger partial charge in [0.1, 0.15) is 0 Å². The van der Waals surface area contributed by atoms with Crippen LogP contribution in [0.25, 0.3) is 10.8 Å². The molecule has 3 rings (SSSR count). The summed E-state index contributed by atoms with van der Waals surface area (Å²) >= 11 is 0. The van der Waals surface area contributed by atoms with Crippen LogP contribution >= 0.6 is 0 Å². The van der Waals surface area contributed by atoms with Gasteiger partial charge in [-0.1, -0.05) is 36.4 Å². The van der Waals surface area contributed by atoms with E-state index in [-0.39, 0.29) is 11.9 Å². The zero-order valence-corrected chi connectivity index (χ0v) is 12.5. The van der Waals surface area contributed by atoms with Gasteiger partial charge in [0.15, 0.2) is 0 Å². The third kappa shape index (κ3) is 2.54. The molecule has 0 aliphatic carbocycles. The maximum absolute atomic E-state index is 12.9. The van der Waals surface area contributed by atoms with Crippen LogP contribution in [-0.2, 0) is 0 Å². The fourth-order valence-corrected chi connectivity index (χ4v) is 3.31. The molecule has 1 unspecified atom stereocenters. The van der Waals surface area contributed by atoms with Gasteiger partial charge in [0, 0.05) is 12.1 Å². The van der Waals surface area contributed by atoms with E-state index in [1.807, 2.05) is 47.4 Å². The molecule has 3 nitrogen and oxygen atoms in total. The van der Waals surface area contributed by atoms with Gasteiger partial charge in [-0.3, -0.25) is 4.79 Å². The van der Waals surface area contributed by atoms with Crippen molar-refractivity contribution in [2.75, 3.05) is 6.54 Å². The van der Waals surface area contributed by atoms with Crippen LogP contribution in [0, 0.1) is 0 Å². The number of hydrogen-bond acceptors (Lipinski definition) is 2. The van der Waals surface area contributed by atoms with Gasteiger partial charge < -0.3 is 10.0 Å². The molecule has 1 aliphatic rings. The van der Waals surface area contributed by atoms with Crippen LogP contribution in [0.5, 0.6) is 0 Å². The van der Waals surface area contributed by atoms with Crippen molar-refractivity contribution in [1.82, 2.24) is 4.90 Å². The van der Waals surface area contributed by atoms with Crippen LogP contribution in [0.1, 0.15) is 37.0 Å². The zero-order chi connectivity index (χ0) is 15.0. The van der Waals surface area contributed by atoms with Gasteiger partial charge in [-0.15, -0.1) is 0 Å². The third-order valence-electron chi connectivity index (χ3n) is 4.35. The number of fused-ring (bicyclic) bond motifs is 1. The fourth-order valence-electron chi connectivity index (χ4n) is 3.31. The van der Waals surface area contributed by atoms with Gasteiger partial charge in [-0.2, -0.15) is 0 Å². The van der Waals surface area contributed by atoms with E-state index < -0.39 is 5.60 Å². The van der Waals surface area contributed by atoms with E-state index in [0.717, 1.165) is 35.7 Å². The second kappa shape index (κ2) is 5.15. The molecule has 0 aromatic heterocycles. The maximum atomic E-state index is 12.9. The molecule has 1 aliphatic heterocycles. The Labute approximate surface area is 125 Å². The van der Waals surface area contributed by atoms with Crippen LogP contribution in [0.15, 0.2) is 42.5 Å². The van der Waals surface area contributed by atoms with E-state index in [0.29, 0.717) is 0 Å². The van der Waals surface area contributed by atoms with Crippen molar-refractivity contribution in [3.05, 3.63) is 48.0 Å². The molecular formula is C18H21NO2. The van der Waals surface area contributed by atoms with Crippen molar-refractivity contribution in [3.8, 4) is 0 Å². The number of benzene rings is 2. The van der Waals surface area contributed by atoms with Gasteiger partial charge >= 0.3 is 0 Å². The fraction of sp³-hybridized carbons (Fsp3) is 0.389. The summed E-state index contributed by atoms with van der Waals surface area (Å²) in [5.74, 6) is 0.0245. The lowest BCUT2D eigenvalue weighted by molar-refractivity contribution is 0.000410. The maximum Gasteiger partial charge on any atom is 0.254 e. The summed E-state index contributed by atoms with van der Waals surface area (Å²) in [4.78, 5) is 14.8. The monoisotopic (exact) mass is 283 g/mol. The molecule has 110 valence electrons. The Morgan fingerprint density at radius 2 is 1.90 bits per heavy atom. The van der Waals surface area contributed by atoms with E-state index in [2.05, 4.69) is 0 Å². The Bertz CT molecular complexity index is 667. The minimum atomic E-state index is -0.864. The summed E-state index contributed by atoms with van der Waals surface area (Å²) in [6.45, 7) is 4.29. The highest BCUT2D eigenvalue weighted by Gasteiger charge is 2.38. The Balaban J connectivity index is 2.01. The second-order valence-electron chi connectivity index (χ2n) is 6.34. The van der Waals surface area contributed by atoms with Crippen LogP contribution in [-0.4, -0.2) is 34.1 Å². The van der Waals surface area contributed by atoms with Gasteiger partial charge in [-0.05, 0) is 43.5 Å². The molecule has 3 heteroatoms. The van der Waals surface area contributed by atoms with Gasteiger partial charge in [-0.25, -0.2) is 0 Å². The summed E-state index contributed by atoms with van der Waals surface area (Å²) in [6, 6.07) is 13.6. The highest BCUT2D eigenvalue weighted by atomic mass is 16.3. The molecule has 0 spiro atoms. The van der Waals surface area contributed by atoms with Crippen LogP contribution < -0.4 is 0 Å². The minimum absolute atomic E-state index is 0.0245. The van der Waals surface area contributed by atoms with E-state index in [1.54, 1.807) is 13.8 Å². The predicted octanol–water partition coefficient (Wildman–Crippen LogP) is 3.22. The van der Waals surface area contributed by atoms with Gasteiger partial charge in [0.05, 0.1) is 11.6 Å². The SMILES string of the molecule is CC(C)(O)C1CCCN1C(=O)c1cccc2ccccc12. The Hall–Kier alpha value is -1.87. The summed E-state index contributed by atoms with van der Waals surface area (Å²) in [6.07, 6.45) is 1.81. The van der Waals surface area contributed by atoms with Crippen LogP contribution in [0.4, 0.5) is 0 Å². The molecule has 1 amide bonds. The molecule has 1 fully saturated rings. The number of carbonyl (C=O) groups is 1. The van der Waals surface area contributed by atoms with Crippen molar-refractivity contribution in [1.29, 1.82) is 0 Å². The molecule has 0 bridgehead atoms. The summed E-state index contributed by atoms with van der Waals surface area (Å²) < 4.78 is 0. The lowest BCUT2D eigenvalue weighted by atomic mass is 9.95. The normalized spacial score (nSPS) is 19.2. The van der Waals surface area contributed by atoms with Crippen molar-refractivity contribution in [2.45, 2.75) is 38.3 Å². The second-order valence-corrected chi connectivity index (χ2v) is 6.34. The van der Waals surface area contributed by atoms with E-state index in [9.17, 15) is 9.90 Å². The Morgan fingerprint density at radius 1 is 1.19 bits per heavy atom. The highest BCUT2D eigenvalue weighted by Crippen LogP contribution is 2.30. The molecule has 21 heavy (non-hydrogen) atoms. The molecule has 2 aromatic rings. The molecular weight excluding hydrogens is 262 g/mol. The number of amides is 1. The first-order valence-corrected chi connectivity index (χ1v) is 7.49. The van der Waals surface area contributed by atoms with Crippen molar-refractivity contribution >= 4 is 16.7 Å². The molecule has 0 radical (unpaired) electrons. The number of likely N-dealkylation sites (tertiary alicyclic amines) is 1. The molecule has 1 heterocycles. The highest BCUT2D eigenvalue weighted by molar-refractivity contribution is 6.07. The van der Waals surface area contributed by atoms with E-state index in [4.69, 9.17) is 0 Å². The first-order chi connectivity index (χ1) is 9.98. The van der Waals surface area contributed by atoms with E-state index in [1.165, 1.54) is 0 Å².